The largest absolute Gasteiger partial charge is 0.325 e. The van der Waals surface area contributed by atoms with E-state index in [0.29, 0.717) is 0 Å². The van der Waals surface area contributed by atoms with Gasteiger partial charge in [-0.2, -0.15) is 0 Å². The van der Waals surface area contributed by atoms with E-state index in [2.05, 4.69) is 10.6 Å². The third kappa shape index (κ3) is 3.49. The number of benzene rings is 2. The van der Waals surface area contributed by atoms with Crippen LogP contribution in [0.1, 0.15) is 17.9 Å². The first-order valence-corrected chi connectivity index (χ1v) is 7.17. The lowest BCUT2D eigenvalue weighted by molar-refractivity contribution is -0.115. The van der Waals surface area contributed by atoms with Crippen molar-refractivity contribution in [3.8, 4) is 0 Å². The first-order valence-electron chi connectivity index (χ1n) is 7.17. The summed E-state index contributed by atoms with van der Waals surface area (Å²) in [4.78, 5) is 11.8. The first-order chi connectivity index (χ1) is 10.6. The number of halogens is 2. The first kappa shape index (κ1) is 14.7. The summed E-state index contributed by atoms with van der Waals surface area (Å²) < 4.78 is 26.1. The van der Waals surface area contributed by atoms with Crippen LogP contribution in [0.3, 0.4) is 0 Å². The molecule has 2 atom stereocenters. The molecule has 1 amide bonds. The van der Waals surface area contributed by atoms with Crippen molar-refractivity contribution in [2.24, 2.45) is 0 Å². The zero-order valence-electron chi connectivity index (χ0n) is 11.9. The average molecular weight is 302 g/mol. The van der Waals surface area contributed by atoms with Gasteiger partial charge in [0.15, 0.2) is 11.6 Å². The predicted octanol–water partition coefficient (Wildman–Crippen LogP) is 3.05. The molecular formula is C17H16F2N2O. The lowest BCUT2D eigenvalue weighted by Crippen LogP contribution is -2.30. The fraction of sp³-hybridized carbons (Fsp3) is 0.235. The molecule has 0 spiro atoms. The molecule has 2 N–H and O–H groups in total. The van der Waals surface area contributed by atoms with Gasteiger partial charge in [-0.3, -0.25) is 4.79 Å². The highest BCUT2D eigenvalue weighted by Gasteiger charge is 2.38. The van der Waals surface area contributed by atoms with E-state index in [9.17, 15) is 13.6 Å². The van der Waals surface area contributed by atoms with Gasteiger partial charge in [-0.15, -0.1) is 0 Å². The molecule has 0 aromatic heterocycles. The van der Waals surface area contributed by atoms with Crippen molar-refractivity contribution < 1.29 is 13.6 Å². The summed E-state index contributed by atoms with van der Waals surface area (Å²) in [6, 6.07) is 13.3. The molecule has 2 aromatic carbocycles. The minimum atomic E-state index is -0.837. The molecule has 114 valence electrons. The van der Waals surface area contributed by atoms with E-state index >= 15 is 0 Å². The van der Waals surface area contributed by atoms with Crippen molar-refractivity contribution >= 4 is 11.6 Å². The van der Waals surface area contributed by atoms with Gasteiger partial charge in [-0.05, 0) is 36.2 Å². The summed E-state index contributed by atoms with van der Waals surface area (Å²) in [7, 11) is 0. The molecule has 5 heteroatoms. The molecule has 3 nitrogen and oxygen atoms in total. The van der Waals surface area contributed by atoms with E-state index in [1.54, 1.807) is 6.07 Å². The summed E-state index contributed by atoms with van der Waals surface area (Å²) in [5.74, 6) is -1.65. The average Bonchev–Trinajstić information content (AvgIpc) is 3.29. The van der Waals surface area contributed by atoms with Gasteiger partial charge in [0.1, 0.15) is 0 Å². The summed E-state index contributed by atoms with van der Waals surface area (Å²) in [5, 5.41) is 5.92. The number of carbonyl (C=O) groups excluding carboxylic acids is 1. The van der Waals surface area contributed by atoms with E-state index in [1.807, 2.05) is 30.3 Å². The Labute approximate surface area is 127 Å². The van der Waals surface area contributed by atoms with E-state index in [4.69, 9.17) is 0 Å². The molecule has 0 unspecified atom stereocenters. The summed E-state index contributed by atoms with van der Waals surface area (Å²) in [5.41, 5.74) is 1.52. The van der Waals surface area contributed by atoms with Gasteiger partial charge in [-0.25, -0.2) is 8.78 Å². The van der Waals surface area contributed by atoms with Crippen LogP contribution in [0.2, 0.25) is 0 Å². The van der Waals surface area contributed by atoms with E-state index in [0.717, 1.165) is 23.7 Å². The molecule has 0 aliphatic heterocycles. The molecule has 1 aliphatic carbocycles. The smallest absolute Gasteiger partial charge is 0.238 e. The topological polar surface area (TPSA) is 41.1 Å². The Morgan fingerprint density at radius 2 is 1.86 bits per heavy atom. The van der Waals surface area contributed by atoms with Crippen LogP contribution in [0.5, 0.6) is 0 Å². The van der Waals surface area contributed by atoms with E-state index in [-0.39, 0.29) is 24.4 Å². The molecule has 1 fully saturated rings. The van der Waals surface area contributed by atoms with Gasteiger partial charge < -0.3 is 10.6 Å². The maximum atomic E-state index is 13.2. The molecule has 0 bridgehead atoms. The molecule has 0 radical (unpaired) electrons. The van der Waals surface area contributed by atoms with Crippen molar-refractivity contribution in [2.45, 2.75) is 18.4 Å². The van der Waals surface area contributed by atoms with Gasteiger partial charge in [0.05, 0.1) is 6.54 Å². The van der Waals surface area contributed by atoms with Crippen LogP contribution in [0.25, 0.3) is 0 Å². The number of amides is 1. The van der Waals surface area contributed by atoms with Gasteiger partial charge in [0, 0.05) is 17.6 Å². The van der Waals surface area contributed by atoms with Crippen LogP contribution in [-0.4, -0.2) is 18.5 Å². The molecule has 22 heavy (non-hydrogen) atoms. The molecular weight excluding hydrogens is 286 g/mol. The van der Waals surface area contributed by atoms with Crippen LogP contribution in [0.4, 0.5) is 14.5 Å². The summed E-state index contributed by atoms with van der Waals surface area (Å²) in [6.07, 6.45) is 0.823. The Bertz CT molecular complexity index is 676. The van der Waals surface area contributed by atoms with Gasteiger partial charge in [0.25, 0.3) is 0 Å². The number of rotatable bonds is 5. The standard InChI is InChI=1S/C17H16F2N2O/c18-14-7-6-11(8-15(14)19)13-9-16(13)20-10-17(22)21-12-4-2-1-3-5-12/h1-8,13,16,20H,9-10H2,(H,21,22)/t13-,16+/m0/s1. The Balaban J connectivity index is 1.47. The Kier molecular flexibility index (Phi) is 4.15. The van der Waals surface area contributed by atoms with Crippen molar-refractivity contribution in [1.82, 2.24) is 5.32 Å². The quantitative estimate of drug-likeness (QED) is 0.891. The number of hydrogen-bond donors (Lipinski definition) is 2. The summed E-state index contributed by atoms with van der Waals surface area (Å²) in [6.45, 7) is 0.194. The second kappa shape index (κ2) is 6.23. The predicted molar refractivity (Wildman–Crippen MR) is 80.6 cm³/mol. The SMILES string of the molecule is O=C(CN[C@@H]1C[C@H]1c1ccc(F)c(F)c1)Nc1ccccc1. The van der Waals surface area contributed by atoms with E-state index < -0.39 is 11.6 Å². The number of anilines is 1. The van der Waals surface area contributed by atoms with Gasteiger partial charge in [0.2, 0.25) is 5.91 Å². The lowest BCUT2D eigenvalue weighted by Gasteiger charge is -2.06. The zero-order chi connectivity index (χ0) is 15.5. The van der Waals surface area contributed by atoms with Gasteiger partial charge in [-0.1, -0.05) is 24.3 Å². The minimum Gasteiger partial charge on any atom is -0.325 e. The fourth-order valence-electron chi connectivity index (χ4n) is 2.48. The molecule has 1 saturated carbocycles. The van der Waals surface area contributed by atoms with Crippen LogP contribution < -0.4 is 10.6 Å². The normalized spacial score (nSPS) is 19.7. The number of para-hydroxylation sites is 1. The number of carbonyl (C=O) groups is 1. The lowest BCUT2D eigenvalue weighted by atomic mass is 10.1. The highest BCUT2D eigenvalue weighted by molar-refractivity contribution is 5.92. The van der Waals surface area contributed by atoms with Crippen LogP contribution in [0, 0.1) is 11.6 Å². The van der Waals surface area contributed by atoms with E-state index in [1.165, 1.54) is 6.07 Å². The Morgan fingerprint density at radius 3 is 2.59 bits per heavy atom. The maximum absolute atomic E-state index is 13.2. The van der Waals surface area contributed by atoms with Gasteiger partial charge >= 0.3 is 0 Å². The minimum absolute atomic E-state index is 0.123. The third-order valence-electron chi connectivity index (χ3n) is 3.74. The van der Waals surface area contributed by atoms with Crippen LogP contribution in [-0.2, 0) is 4.79 Å². The van der Waals surface area contributed by atoms with Crippen molar-refractivity contribution in [1.29, 1.82) is 0 Å². The Hall–Kier alpha value is -2.27. The van der Waals surface area contributed by atoms with Crippen molar-refractivity contribution in [3.63, 3.8) is 0 Å². The van der Waals surface area contributed by atoms with Crippen molar-refractivity contribution in [3.05, 3.63) is 65.7 Å². The van der Waals surface area contributed by atoms with Crippen molar-refractivity contribution in [2.75, 3.05) is 11.9 Å². The third-order valence-corrected chi connectivity index (χ3v) is 3.74. The molecule has 1 aliphatic rings. The second-order valence-electron chi connectivity index (χ2n) is 5.42. The fourth-order valence-corrected chi connectivity index (χ4v) is 2.48. The molecule has 2 aromatic rings. The summed E-state index contributed by atoms with van der Waals surface area (Å²) >= 11 is 0. The number of hydrogen-bond acceptors (Lipinski definition) is 2. The Morgan fingerprint density at radius 1 is 1.09 bits per heavy atom. The highest BCUT2D eigenvalue weighted by Crippen LogP contribution is 2.40. The monoisotopic (exact) mass is 302 g/mol. The maximum Gasteiger partial charge on any atom is 0.238 e. The van der Waals surface area contributed by atoms with Crippen LogP contribution in [0.15, 0.2) is 48.5 Å². The molecule has 3 rings (SSSR count). The number of nitrogens with one attached hydrogen (secondary N) is 2. The zero-order valence-corrected chi connectivity index (χ0v) is 11.9. The molecule has 0 saturated heterocycles. The van der Waals surface area contributed by atoms with Crippen LogP contribution >= 0.6 is 0 Å². The highest BCUT2D eigenvalue weighted by atomic mass is 19.2. The molecule has 0 heterocycles. The second-order valence-corrected chi connectivity index (χ2v) is 5.42.